The molecule has 3 amide bonds. The highest BCUT2D eigenvalue weighted by Gasteiger charge is 2.49. The van der Waals surface area contributed by atoms with E-state index in [1.165, 1.54) is 0 Å². The van der Waals surface area contributed by atoms with Crippen molar-refractivity contribution in [3.63, 3.8) is 0 Å². The maximum Gasteiger partial charge on any atom is 0.289 e. The van der Waals surface area contributed by atoms with Crippen molar-refractivity contribution in [2.45, 2.75) is 172 Å². The van der Waals surface area contributed by atoms with Crippen LogP contribution in [0.25, 0.3) is 0 Å². The van der Waals surface area contributed by atoms with Crippen LogP contribution < -0.4 is 21.3 Å². The van der Waals surface area contributed by atoms with Crippen molar-refractivity contribution < 1.29 is 37.4 Å². The van der Waals surface area contributed by atoms with Crippen LogP contribution in [0.1, 0.15) is 138 Å². The van der Waals surface area contributed by atoms with Crippen molar-refractivity contribution in [2.75, 3.05) is 32.4 Å². The molecule has 0 aromatic carbocycles. The molecule has 1 unspecified atom stereocenters. The lowest BCUT2D eigenvalue weighted by atomic mass is 9.70. The highest BCUT2D eigenvalue weighted by atomic mass is 32.2. The Kier molecular flexibility index (Phi) is 15.4. The van der Waals surface area contributed by atoms with Crippen molar-refractivity contribution in [1.82, 2.24) is 26.2 Å². The summed E-state index contributed by atoms with van der Waals surface area (Å²) in [5.74, 6) is -1.98. The zero-order chi connectivity index (χ0) is 39.0. The minimum atomic E-state index is -3.62. The quantitative estimate of drug-likeness (QED) is 0.0700. The Morgan fingerprint density at radius 1 is 0.943 bits per heavy atom. The van der Waals surface area contributed by atoms with Gasteiger partial charge in [-0.2, -0.15) is 0 Å². The molecule has 5 N–H and O–H groups in total. The number of carbonyl (C=O) groups is 4. The molecule has 1 saturated heterocycles. The van der Waals surface area contributed by atoms with Gasteiger partial charge in [0.1, 0.15) is 6.04 Å². The Morgan fingerprint density at radius 3 is 2.13 bits per heavy atom. The zero-order valence-corrected chi connectivity index (χ0v) is 34.1. The fourth-order valence-electron chi connectivity index (χ4n) is 8.66. The second kappa shape index (κ2) is 18.7. The summed E-state index contributed by atoms with van der Waals surface area (Å²) in [6.45, 7) is 11.3. The smallest absolute Gasteiger partial charge is 0.289 e. The number of sulfone groups is 1. The number of aliphatic hydroxyl groups excluding tert-OH is 1. The van der Waals surface area contributed by atoms with Crippen molar-refractivity contribution in [1.29, 1.82) is 0 Å². The molecule has 4 aliphatic rings. The summed E-state index contributed by atoms with van der Waals surface area (Å²) < 4.78 is 31.5. The van der Waals surface area contributed by atoms with Gasteiger partial charge in [-0.25, -0.2) is 8.42 Å². The van der Waals surface area contributed by atoms with E-state index < -0.39 is 62.5 Å². The van der Waals surface area contributed by atoms with E-state index in [-0.39, 0.29) is 48.4 Å². The van der Waals surface area contributed by atoms with Gasteiger partial charge >= 0.3 is 0 Å². The molecule has 1 heterocycles. The molecule has 0 bridgehead atoms. The van der Waals surface area contributed by atoms with Crippen molar-refractivity contribution in [3.05, 3.63) is 0 Å². The lowest BCUT2D eigenvalue weighted by molar-refractivity contribution is -0.146. The van der Waals surface area contributed by atoms with E-state index in [0.29, 0.717) is 38.6 Å². The predicted molar refractivity (Wildman–Crippen MR) is 204 cm³/mol. The average Bonchev–Trinajstić information content (AvgIpc) is 3.81. The van der Waals surface area contributed by atoms with Gasteiger partial charge in [0.15, 0.2) is 9.84 Å². The fraction of sp³-hybridized carbons (Fsp3) is 0.897. The largest absolute Gasteiger partial charge is 0.395 e. The number of aliphatic hydroxyl groups is 1. The fourth-order valence-corrected chi connectivity index (χ4v) is 10.4. The summed E-state index contributed by atoms with van der Waals surface area (Å²) >= 11 is 0. The molecule has 4 atom stereocenters. The maximum absolute atomic E-state index is 14.8. The van der Waals surface area contributed by atoms with Crippen LogP contribution in [0.15, 0.2) is 0 Å². The molecule has 14 heteroatoms. The third-order valence-electron chi connectivity index (χ3n) is 12.6. The number of Topliss-reactive ketones (excluding diaryl/α,β-unsaturated/α-hetero) is 1. The third kappa shape index (κ3) is 11.0. The van der Waals surface area contributed by atoms with Crippen LogP contribution in [-0.2, 0) is 33.8 Å². The Balaban J connectivity index is 1.48. The Hall–Kier alpha value is -2.13. The van der Waals surface area contributed by atoms with Gasteiger partial charge in [-0.05, 0) is 82.5 Å². The van der Waals surface area contributed by atoms with E-state index in [1.807, 2.05) is 20.8 Å². The number of hydrogen-bond acceptors (Lipinski definition) is 10. The van der Waals surface area contributed by atoms with Crippen molar-refractivity contribution in [2.24, 2.45) is 17.3 Å². The highest BCUT2D eigenvalue weighted by molar-refractivity contribution is 7.92. The molecule has 13 nitrogen and oxygen atoms in total. The first-order valence-electron chi connectivity index (χ1n) is 20.3. The predicted octanol–water partition coefficient (Wildman–Crippen LogP) is 3.33. The first-order valence-corrected chi connectivity index (χ1v) is 22.0. The Morgan fingerprint density at radius 2 is 1.57 bits per heavy atom. The van der Waals surface area contributed by atoms with Gasteiger partial charge in [-0.3, -0.25) is 29.8 Å². The molecule has 304 valence electrons. The minimum absolute atomic E-state index is 0.0249. The minimum Gasteiger partial charge on any atom is -0.395 e. The number of nitrogens with zero attached hydrogens (tertiary/aromatic N) is 1. The second-order valence-corrected chi connectivity index (χ2v) is 20.3. The Bertz CT molecular complexity index is 1370. The van der Waals surface area contributed by atoms with Crippen LogP contribution in [0, 0.1) is 17.3 Å². The molecule has 4 fully saturated rings. The lowest BCUT2D eigenvalue weighted by Crippen LogP contribution is -2.61. The summed E-state index contributed by atoms with van der Waals surface area (Å²) in [6, 6.07) is -2.34. The number of amides is 3. The summed E-state index contributed by atoms with van der Waals surface area (Å²) in [7, 11) is -3.62. The molecule has 0 radical (unpaired) electrons. The molecule has 53 heavy (non-hydrogen) atoms. The van der Waals surface area contributed by atoms with Gasteiger partial charge in [-0.15, -0.1) is 0 Å². The van der Waals surface area contributed by atoms with Crippen LogP contribution in [0.4, 0.5) is 0 Å². The molecule has 1 aliphatic heterocycles. The molecule has 4 rings (SSSR count). The Labute approximate surface area is 318 Å². The van der Waals surface area contributed by atoms with Crippen LogP contribution in [0.3, 0.4) is 0 Å². The van der Waals surface area contributed by atoms with E-state index in [1.54, 1.807) is 18.7 Å². The summed E-state index contributed by atoms with van der Waals surface area (Å²) in [5, 5.41) is 22.3. The van der Waals surface area contributed by atoms with Gasteiger partial charge in [-0.1, -0.05) is 72.6 Å². The van der Waals surface area contributed by atoms with Gasteiger partial charge < -0.3 is 25.4 Å². The molecular formula is C39H69N5O8S. The number of hydrogen-bond donors (Lipinski definition) is 5. The second-order valence-electron chi connectivity index (χ2n) is 17.7. The van der Waals surface area contributed by atoms with Gasteiger partial charge in [0.2, 0.25) is 17.6 Å². The SMILES string of the molecule is CCCC(NC(=O)[C@@H]1[C@@H](C(C)C)CCN1C(=O)[C@@H](NCOCNC1(CS(=O)(=O)C(C)(C)CO)CCCCC1)C1(C)CCCCC1)C(=O)C(=O)NC1CC1. The standard InChI is InChI=1S/C39H69N5O8S/c1-7-14-30(32(46)35(48)42-28-15-16-28)43-34(47)31-29(27(2)3)17-22-44(31)36(49)33(38(6)18-10-8-11-19-38)40-25-52-26-41-39(20-12-9-13-21-39)24-53(50,51)37(4,5)23-45/h27-31,33,40-41,45H,7-26H2,1-6H3,(H,42,48)(H,43,47)/t29-,30?,31+,33-/m1/s1. The van der Waals surface area contributed by atoms with E-state index in [0.717, 1.165) is 64.2 Å². The van der Waals surface area contributed by atoms with Crippen molar-refractivity contribution in [3.8, 4) is 0 Å². The normalized spacial score (nSPS) is 24.4. The number of carbonyl (C=O) groups excluding carboxylic acids is 4. The molecular weight excluding hydrogens is 699 g/mol. The lowest BCUT2D eigenvalue weighted by Gasteiger charge is -2.43. The maximum atomic E-state index is 14.8. The van der Waals surface area contributed by atoms with Gasteiger partial charge in [0, 0.05) is 18.1 Å². The summed E-state index contributed by atoms with van der Waals surface area (Å²) in [6.07, 6.45) is 12.3. The first kappa shape index (κ1) is 43.6. The summed E-state index contributed by atoms with van der Waals surface area (Å²) in [4.78, 5) is 56.5. The number of likely N-dealkylation sites (tertiary alicyclic amines) is 1. The number of ether oxygens (including phenoxy) is 1. The van der Waals surface area contributed by atoms with E-state index in [4.69, 9.17) is 4.74 Å². The first-order chi connectivity index (χ1) is 25.0. The van der Waals surface area contributed by atoms with Gasteiger partial charge in [0.05, 0.1) is 42.7 Å². The van der Waals surface area contributed by atoms with Crippen LogP contribution in [-0.4, -0.2) is 109 Å². The topological polar surface area (TPSA) is 183 Å². The van der Waals surface area contributed by atoms with Crippen LogP contribution in [0.2, 0.25) is 0 Å². The number of rotatable bonds is 20. The van der Waals surface area contributed by atoms with E-state index >= 15 is 0 Å². The van der Waals surface area contributed by atoms with Crippen LogP contribution in [0.5, 0.6) is 0 Å². The molecule has 3 aliphatic carbocycles. The molecule has 0 spiro atoms. The third-order valence-corrected chi connectivity index (χ3v) is 15.3. The number of ketones is 1. The molecule has 0 aromatic rings. The van der Waals surface area contributed by atoms with E-state index in [9.17, 15) is 32.7 Å². The average molecular weight is 768 g/mol. The highest BCUT2D eigenvalue weighted by Crippen LogP contribution is 2.41. The molecule has 3 saturated carbocycles. The molecule has 0 aromatic heterocycles. The monoisotopic (exact) mass is 767 g/mol. The van der Waals surface area contributed by atoms with Crippen molar-refractivity contribution >= 4 is 33.3 Å². The summed E-state index contributed by atoms with van der Waals surface area (Å²) in [5.41, 5.74) is -1.04. The number of nitrogens with one attached hydrogen (secondary N) is 4. The zero-order valence-electron chi connectivity index (χ0n) is 33.3. The van der Waals surface area contributed by atoms with Crippen LogP contribution >= 0.6 is 0 Å². The van der Waals surface area contributed by atoms with Gasteiger partial charge in [0.25, 0.3) is 5.91 Å². The van der Waals surface area contributed by atoms with E-state index in [2.05, 4.69) is 28.2 Å².